The maximum absolute atomic E-state index is 9.80. The van der Waals surface area contributed by atoms with Gasteiger partial charge in [0.05, 0.1) is 13.2 Å². The van der Waals surface area contributed by atoms with Gasteiger partial charge in [-0.15, -0.1) is 0 Å². The van der Waals surface area contributed by atoms with Gasteiger partial charge in [-0.1, -0.05) is 12.5 Å². The van der Waals surface area contributed by atoms with Crippen molar-refractivity contribution in [3.05, 3.63) is 23.8 Å². The number of aliphatic hydroxyl groups excluding tert-OH is 1. The summed E-state index contributed by atoms with van der Waals surface area (Å²) >= 11 is 0. The fourth-order valence-electron chi connectivity index (χ4n) is 2.66. The highest BCUT2D eigenvalue weighted by molar-refractivity contribution is 5.42. The smallest absolute Gasteiger partial charge is 0.160 e. The number of rotatable bonds is 5. The van der Waals surface area contributed by atoms with E-state index in [2.05, 4.69) is 12.2 Å². The highest BCUT2D eigenvalue weighted by Gasteiger charge is 2.25. The van der Waals surface area contributed by atoms with E-state index in [9.17, 15) is 10.2 Å². The van der Waals surface area contributed by atoms with Crippen LogP contribution in [-0.2, 0) is 0 Å². The predicted octanol–water partition coefficient (Wildman–Crippen LogP) is 2.21. The zero-order valence-electron chi connectivity index (χ0n) is 11.6. The first-order valence-electron chi connectivity index (χ1n) is 6.90. The Morgan fingerprint density at radius 2 is 2.21 bits per heavy atom. The molecule has 0 heterocycles. The number of aliphatic hydroxyl groups is 1. The second-order valence-corrected chi connectivity index (χ2v) is 5.32. The summed E-state index contributed by atoms with van der Waals surface area (Å²) in [5.41, 5.74) is 1.07. The second kappa shape index (κ2) is 6.26. The van der Waals surface area contributed by atoms with Crippen LogP contribution in [-0.4, -0.2) is 30.0 Å². The van der Waals surface area contributed by atoms with Crippen molar-refractivity contribution >= 4 is 0 Å². The molecule has 1 aromatic rings. The number of benzene rings is 1. The van der Waals surface area contributed by atoms with Crippen LogP contribution in [0.15, 0.2) is 18.2 Å². The van der Waals surface area contributed by atoms with E-state index in [1.165, 1.54) is 0 Å². The van der Waals surface area contributed by atoms with Crippen molar-refractivity contribution in [1.82, 2.24) is 5.32 Å². The van der Waals surface area contributed by atoms with Crippen molar-refractivity contribution in [2.24, 2.45) is 5.92 Å². The molecule has 19 heavy (non-hydrogen) atoms. The molecule has 3 unspecified atom stereocenters. The minimum Gasteiger partial charge on any atom is -0.504 e. The van der Waals surface area contributed by atoms with Gasteiger partial charge >= 0.3 is 0 Å². The largest absolute Gasteiger partial charge is 0.504 e. The van der Waals surface area contributed by atoms with Gasteiger partial charge in [0.25, 0.3) is 0 Å². The number of hydrogen-bond acceptors (Lipinski definition) is 4. The van der Waals surface area contributed by atoms with Crippen LogP contribution >= 0.6 is 0 Å². The highest BCUT2D eigenvalue weighted by atomic mass is 16.5. The third kappa shape index (κ3) is 3.39. The van der Waals surface area contributed by atoms with E-state index in [1.807, 2.05) is 12.1 Å². The lowest BCUT2D eigenvalue weighted by Gasteiger charge is -2.20. The van der Waals surface area contributed by atoms with Crippen molar-refractivity contribution in [3.8, 4) is 11.5 Å². The number of nitrogens with one attached hydrogen (secondary N) is 1. The van der Waals surface area contributed by atoms with E-state index in [1.54, 1.807) is 13.2 Å². The molecule has 1 saturated carbocycles. The van der Waals surface area contributed by atoms with E-state index in [0.717, 1.165) is 31.4 Å². The number of ether oxygens (including phenoxy) is 1. The van der Waals surface area contributed by atoms with Gasteiger partial charge in [-0.3, -0.25) is 0 Å². The van der Waals surface area contributed by atoms with Gasteiger partial charge in [0.15, 0.2) is 11.5 Å². The Hall–Kier alpha value is -1.26. The lowest BCUT2D eigenvalue weighted by molar-refractivity contribution is 0.130. The molecule has 0 bridgehead atoms. The molecule has 2 rings (SSSR count). The summed E-state index contributed by atoms with van der Waals surface area (Å²) in [5.74, 6) is 1.01. The normalized spacial score (nSPS) is 24.4. The molecule has 1 aliphatic carbocycles. The number of hydrogen-bond donors (Lipinski definition) is 3. The number of phenolic OH excluding ortho intramolecular Hbond substituents is 1. The van der Waals surface area contributed by atoms with Crippen LogP contribution in [0.25, 0.3) is 0 Å². The third-order valence-electron chi connectivity index (χ3n) is 4.01. The number of phenols is 1. The SMILES string of the molecule is COc1cc(C(C)NCC2CCCC2O)ccc1O. The molecule has 3 N–H and O–H groups in total. The Balaban J connectivity index is 1.94. The molecule has 1 fully saturated rings. The van der Waals surface area contributed by atoms with Crippen molar-refractivity contribution in [1.29, 1.82) is 0 Å². The summed E-state index contributed by atoms with van der Waals surface area (Å²) in [5, 5.41) is 22.8. The standard InChI is InChI=1S/C15H23NO3/c1-10(16-9-12-4-3-5-13(12)17)11-6-7-14(18)15(8-11)19-2/h6-8,10,12-13,16-18H,3-5,9H2,1-2H3. The van der Waals surface area contributed by atoms with Gasteiger partial charge in [-0.25, -0.2) is 0 Å². The fraction of sp³-hybridized carbons (Fsp3) is 0.600. The minimum atomic E-state index is -0.158. The van der Waals surface area contributed by atoms with E-state index in [4.69, 9.17) is 4.74 Å². The summed E-state index contributed by atoms with van der Waals surface area (Å²) in [6.45, 7) is 2.90. The topological polar surface area (TPSA) is 61.7 Å². The molecule has 1 aromatic carbocycles. The highest BCUT2D eigenvalue weighted by Crippen LogP contribution is 2.29. The van der Waals surface area contributed by atoms with Crippen LogP contribution in [0.1, 0.15) is 37.8 Å². The maximum atomic E-state index is 9.80. The lowest BCUT2D eigenvalue weighted by Crippen LogP contribution is -2.29. The first kappa shape index (κ1) is 14.2. The molecule has 3 atom stereocenters. The summed E-state index contributed by atoms with van der Waals surface area (Å²) < 4.78 is 5.11. The Bertz CT molecular complexity index is 422. The van der Waals surface area contributed by atoms with E-state index in [0.29, 0.717) is 11.7 Å². The van der Waals surface area contributed by atoms with Crippen LogP contribution in [0, 0.1) is 5.92 Å². The van der Waals surface area contributed by atoms with Crippen LogP contribution in [0.5, 0.6) is 11.5 Å². The molecule has 4 nitrogen and oxygen atoms in total. The summed E-state index contributed by atoms with van der Waals surface area (Å²) in [6, 6.07) is 5.55. The van der Waals surface area contributed by atoms with E-state index < -0.39 is 0 Å². The molecule has 0 aromatic heterocycles. The molecule has 1 aliphatic rings. The molecule has 4 heteroatoms. The quantitative estimate of drug-likeness (QED) is 0.764. The summed E-state index contributed by atoms with van der Waals surface area (Å²) in [7, 11) is 1.55. The third-order valence-corrected chi connectivity index (χ3v) is 4.01. The van der Waals surface area contributed by atoms with Crippen molar-refractivity contribution in [2.45, 2.75) is 38.3 Å². The van der Waals surface area contributed by atoms with E-state index >= 15 is 0 Å². The number of methoxy groups -OCH3 is 1. The Labute approximate surface area is 114 Å². The monoisotopic (exact) mass is 265 g/mol. The molecule has 0 radical (unpaired) electrons. The van der Waals surface area contributed by atoms with Crippen LogP contribution in [0.3, 0.4) is 0 Å². The minimum absolute atomic E-state index is 0.157. The summed E-state index contributed by atoms with van der Waals surface area (Å²) in [6.07, 6.45) is 2.98. The Kier molecular flexibility index (Phi) is 4.66. The van der Waals surface area contributed by atoms with Crippen LogP contribution < -0.4 is 10.1 Å². The first-order chi connectivity index (χ1) is 9.11. The van der Waals surface area contributed by atoms with Crippen molar-refractivity contribution in [3.63, 3.8) is 0 Å². The van der Waals surface area contributed by atoms with Crippen LogP contribution in [0.2, 0.25) is 0 Å². The molecular weight excluding hydrogens is 242 g/mol. The molecule has 0 spiro atoms. The molecule has 0 saturated heterocycles. The molecule has 106 valence electrons. The zero-order chi connectivity index (χ0) is 13.8. The van der Waals surface area contributed by atoms with Gasteiger partial charge in [0.1, 0.15) is 0 Å². The second-order valence-electron chi connectivity index (χ2n) is 5.32. The average Bonchev–Trinajstić information content (AvgIpc) is 2.82. The lowest BCUT2D eigenvalue weighted by atomic mass is 10.0. The van der Waals surface area contributed by atoms with E-state index in [-0.39, 0.29) is 17.9 Å². The van der Waals surface area contributed by atoms with Gasteiger partial charge in [-0.05, 0) is 43.4 Å². The van der Waals surface area contributed by atoms with Gasteiger partial charge in [0, 0.05) is 12.6 Å². The Morgan fingerprint density at radius 1 is 1.42 bits per heavy atom. The van der Waals surface area contributed by atoms with Gasteiger partial charge < -0.3 is 20.3 Å². The number of aromatic hydroxyl groups is 1. The van der Waals surface area contributed by atoms with Crippen molar-refractivity contribution < 1.29 is 14.9 Å². The summed E-state index contributed by atoms with van der Waals surface area (Å²) in [4.78, 5) is 0. The fourth-order valence-corrected chi connectivity index (χ4v) is 2.66. The first-order valence-corrected chi connectivity index (χ1v) is 6.90. The zero-order valence-corrected chi connectivity index (χ0v) is 11.6. The molecular formula is C15H23NO3. The Morgan fingerprint density at radius 3 is 2.84 bits per heavy atom. The van der Waals surface area contributed by atoms with Crippen molar-refractivity contribution in [2.75, 3.05) is 13.7 Å². The molecule has 0 amide bonds. The molecule has 0 aliphatic heterocycles. The van der Waals surface area contributed by atoms with Gasteiger partial charge in [-0.2, -0.15) is 0 Å². The maximum Gasteiger partial charge on any atom is 0.160 e. The average molecular weight is 265 g/mol. The van der Waals surface area contributed by atoms with Crippen LogP contribution in [0.4, 0.5) is 0 Å². The van der Waals surface area contributed by atoms with Gasteiger partial charge in [0.2, 0.25) is 0 Å². The predicted molar refractivity (Wildman–Crippen MR) is 74.4 cm³/mol.